The molecule has 29 heavy (non-hydrogen) atoms. The average Bonchev–Trinajstić information content (AvgIpc) is 3.37. The maximum absolute atomic E-state index is 12.5. The fourth-order valence-corrected chi connectivity index (χ4v) is 3.94. The number of ether oxygens (including phenoxy) is 3. The van der Waals surface area contributed by atoms with Gasteiger partial charge in [0.15, 0.2) is 0 Å². The molecular formula is C20H26N4O5. The Morgan fingerprint density at radius 2 is 2.38 bits per heavy atom. The van der Waals surface area contributed by atoms with Gasteiger partial charge in [0, 0.05) is 43.9 Å². The van der Waals surface area contributed by atoms with Crippen molar-refractivity contribution in [1.82, 2.24) is 20.4 Å². The number of pyridine rings is 1. The Labute approximate surface area is 169 Å². The summed E-state index contributed by atoms with van der Waals surface area (Å²) in [6.45, 7) is 5.64. The summed E-state index contributed by atoms with van der Waals surface area (Å²) in [5, 5.41) is 6.63. The number of aryl methyl sites for hydroxylation is 1. The highest BCUT2D eigenvalue weighted by Crippen LogP contribution is 2.32. The molecule has 0 saturated carbocycles. The fraction of sp³-hybridized carbons (Fsp3) is 0.550. The van der Waals surface area contributed by atoms with Gasteiger partial charge < -0.3 is 24.1 Å². The van der Waals surface area contributed by atoms with Crippen molar-refractivity contribution in [3.8, 4) is 5.88 Å². The Bertz CT molecular complexity index is 843. The second-order valence-electron chi connectivity index (χ2n) is 7.62. The Morgan fingerprint density at radius 3 is 3.14 bits per heavy atom. The molecule has 1 spiro atoms. The molecule has 9 heteroatoms. The zero-order valence-electron chi connectivity index (χ0n) is 16.7. The van der Waals surface area contributed by atoms with Crippen LogP contribution < -0.4 is 10.1 Å². The van der Waals surface area contributed by atoms with Crippen LogP contribution in [-0.4, -0.2) is 66.1 Å². The number of nitrogens with zero attached hydrogens (tertiary/aromatic N) is 3. The summed E-state index contributed by atoms with van der Waals surface area (Å²) < 4.78 is 21.9. The molecule has 2 aromatic heterocycles. The molecule has 9 nitrogen and oxygen atoms in total. The van der Waals surface area contributed by atoms with Gasteiger partial charge in [0.1, 0.15) is 23.7 Å². The molecule has 0 bridgehead atoms. The van der Waals surface area contributed by atoms with Crippen LogP contribution in [0, 0.1) is 6.92 Å². The van der Waals surface area contributed by atoms with Gasteiger partial charge in [-0.05, 0) is 18.6 Å². The minimum absolute atomic E-state index is 0.152. The molecule has 0 aliphatic carbocycles. The summed E-state index contributed by atoms with van der Waals surface area (Å²) in [4.78, 5) is 19.1. The molecular weight excluding hydrogens is 376 g/mol. The lowest BCUT2D eigenvalue weighted by molar-refractivity contribution is -0.130. The third-order valence-electron chi connectivity index (χ3n) is 5.35. The first-order chi connectivity index (χ1) is 14.1. The quantitative estimate of drug-likeness (QED) is 0.766. The minimum atomic E-state index is -0.522. The molecule has 0 aromatic carbocycles. The summed E-state index contributed by atoms with van der Waals surface area (Å²) in [5.41, 5.74) is 2.36. The van der Waals surface area contributed by atoms with Crippen LogP contribution in [0.2, 0.25) is 0 Å². The van der Waals surface area contributed by atoms with Crippen molar-refractivity contribution in [2.75, 3.05) is 33.4 Å². The largest absolute Gasteiger partial charge is 0.481 e. The molecule has 4 rings (SSSR count). The highest BCUT2D eigenvalue weighted by atomic mass is 16.6. The first kappa shape index (κ1) is 19.8. The van der Waals surface area contributed by atoms with Crippen LogP contribution >= 0.6 is 0 Å². The van der Waals surface area contributed by atoms with Crippen molar-refractivity contribution in [3.63, 3.8) is 0 Å². The van der Waals surface area contributed by atoms with Crippen LogP contribution in [0.5, 0.6) is 5.88 Å². The van der Waals surface area contributed by atoms with E-state index in [2.05, 4.69) is 26.4 Å². The Kier molecular flexibility index (Phi) is 5.79. The standard InChI is InChI=1S/C20H26N4O5/c1-14-7-15(9-22-19(14)26-2)11-24-4-6-28-20(12-24)8-17(27-13-20)18(25)21-10-16-3-5-29-23-16/h3,5,7,9,17H,4,6,8,10-13H2,1-2H3,(H,21,25)/t17-,20-/m1/s1. The number of aromatic nitrogens is 2. The molecule has 1 N–H and O–H groups in total. The third kappa shape index (κ3) is 4.58. The van der Waals surface area contributed by atoms with Crippen molar-refractivity contribution in [1.29, 1.82) is 0 Å². The SMILES string of the molecule is COc1ncc(CN2CCO[C@@]3(CO[C@@H](C(=O)NCc4ccon4)C3)C2)cc1C. The van der Waals surface area contributed by atoms with Gasteiger partial charge in [-0.3, -0.25) is 9.69 Å². The van der Waals surface area contributed by atoms with E-state index in [0.29, 0.717) is 44.3 Å². The molecule has 4 heterocycles. The summed E-state index contributed by atoms with van der Waals surface area (Å²) in [7, 11) is 1.62. The minimum Gasteiger partial charge on any atom is -0.481 e. The van der Waals surface area contributed by atoms with Crippen LogP contribution in [0.1, 0.15) is 23.2 Å². The number of morpholine rings is 1. The lowest BCUT2D eigenvalue weighted by atomic mass is 9.97. The van der Waals surface area contributed by atoms with Gasteiger partial charge in [0.25, 0.3) is 0 Å². The maximum Gasteiger partial charge on any atom is 0.249 e. The highest BCUT2D eigenvalue weighted by Gasteiger charge is 2.46. The first-order valence-corrected chi connectivity index (χ1v) is 9.71. The van der Waals surface area contributed by atoms with Gasteiger partial charge in [-0.2, -0.15) is 0 Å². The number of amides is 1. The molecule has 2 aliphatic heterocycles. The second kappa shape index (κ2) is 8.48. The van der Waals surface area contributed by atoms with Crippen LogP contribution in [0.25, 0.3) is 0 Å². The van der Waals surface area contributed by atoms with E-state index < -0.39 is 11.7 Å². The highest BCUT2D eigenvalue weighted by molar-refractivity contribution is 5.81. The summed E-state index contributed by atoms with van der Waals surface area (Å²) in [6, 6.07) is 3.81. The zero-order valence-corrected chi connectivity index (χ0v) is 16.7. The van der Waals surface area contributed by atoms with E-state index in [9.17, 15) is 4.79 Å². The smallest absolute Gasteiger partial charge is 0.249 e. The molecule has 2 aromatic rings. The topological polar surface area (TPSA) is 99.0 Å². The number of hydrogen-bond acceptors (Lipinski definition) is 8. The summed E-state index contributed by atoms with van der Waals surface area (Å²) >= 11 is 0. The number of rotatable bonds is 6. The van der Waals surface area contributed by atoms with Crippen molar-refractivity contribution >= 4 is 5.91 Å². The Balaban J connectivity index is 1.33. The van der Waals surface area contributed by atoms with Crippen LogP contribution in [0.3, 0.4) is 0 Å². The molecule has 156 valence electrons. The first-order valence-electron chi connectivity index (χ1n) is 9.71. The van der Waals surface area contributed by atoms with E-state index >= 15 is 0 Å². The molecule has 1 amide bonds. The number of nitrogens with one attached hydrogen (secondary N) is 1. The van der Waals surface area contributed by atoms with Crippen molar-refractivity contribution in [3.05, 3.63) is 41.4 Å². The molecule has 2 atom stereocenters. The van der Waals surface area contributed by atoms with E-state index in [4.69, 9.17) is 18.7 Å². The van der Waals surface area contributed by atoms with Gasteiger partial charge >= 0.3 is 0 Å². The zero-order chi connectivity index (χ0) is 20.3. The van der Waals surface area contributed by atoms with Gasteiger partial charge in [-0.25, -0.2) is 4.98 Å². The fourth-order valence-electron chi connectivity index (χ4n) is 3.94. The normalized spacial score (nSPS) is 24.7. The lowest BCUT2D eigenvalue weighted by Gasteiger charge is -2.39. The van der Waals surface area contributed by atoms with Gasteiger partial charge in [-0.15, -0.1) is 0 Å². The molecule has 0 radical (unpaired) electrons. The average molecular weight is 402 g/mol. The van der Waals surface area contributed by atoms with Gasteiger partial charge in [0.05, 0.1) is 26.9 Å². The molecule has 2 aliphatic rings. The van der Waals surface area contributed by atoms with Crippen molar-refractivity contribution < 1.29 is 23.5 Å². The number of hydrogen-bond donors (Lipinski definition) is 1. The number of carbonyl (C=O) groups excluding carboxylic acids is 1. The third-order valence-corrected chi connectivity index (χ3v) is 5.35. The molecule has 2 fully saturated rings. The molecule has 0 unspecified atom stereocenters. The monoisotopic (exact) mass is 402 g/mol. The van der Waals surface area contributed by atoms with Crippen LogP contribution in [-0.2, 0) is 27.4 Å². The van der Waals surface area contributed by atoms with Gasteiger partial charge in [0.2, 0.25) is 11.8 Å². The summed E-state index contributed by atoms with van der Waals surface area (Å²) in [5.74, 6) is 0.497. The van der Waals surface area contributed by atoms with Gasteiger partial charge in [-0.1, -0.05) is 5.16 Å². The van der Waals surface area contributed by atoms with Crippen molar-refractivity contribution in [2.45, 2.75) is 38.1 Å². The van der Waals surface area contributed by atoms with E-state index in [1.807, 2.05) is 13.1 Å². The lowest BCUT2D eigenvalue weighted by Crippen LogP contribution is -2.52. The maximum atomic E-state index is 12.5. The Hall–Kier alpha value is -2.49. The number of methoxy groups -OCH3 is 1. The predicted molar refractivity (Wildman–Crippen MR) is 102 cm³/mol. The Morgan fingerprint density at radius 1 is 1.48 bits per heavy atom. The van der Waals surface area contributed by atoms with E-state index in [1.165, 1.54) is 6.26 Å². The summed E-state index contributed by atoms with van der Waals surface area (Å²) in [6.07, 6.45) is 3.34. The molecule has 2 saturated heterocycles. The van der Waals surface area contributed by atoms with Crippen LogP contribution in [0.15, 0.2) is 29.1 Å². The van der Waals surface area contributed by atoms with Crippen LogP contribution in [0.4, 0.5) is 0 Å². The number of carbonyl (C=O) groups is 1. The predicted octanol–water partition coefficient (Wildman–Crippen LogP) is 1.06. The van der Waals surface area contributed by atoms with E-state index in [0.717, 1.165) is 24.2 Å². The van der Waals surface area contributed by atoms with Crippen molar-refractivity contribution in [2.24, 2.45) is 0 Å². The van der Waals surface area contributed by atoms with E-state index in [1.54, 1.807) is 13.2 Å². The van der Waals surface area contributed by atoms with E-state index in [-0.39, 0.29) is 5.91 Å². The second-order valence-corrected chi connectivity index (χ2v) is 7.62.